The highest BCUT2D eigenvalue weighted by Gasteiger charge is 2.21. The summed E-state index contributed by atoms with van der Waals surface area (Å²) in [5, 5.41) is 4.54. The van der Waals surface area contributed by atoms with Crippen LogP contribution in [0.25, 0.3) is 0 Å². The highest BCUT2D eigenvalue weighted by Crippen LogP contribution is 2.32. The van der Waals surface area contributed by atoms with E-state index < -0.39 is 5.91 Å². The maximum Gasteiger partial charge on any atom is 0.279 e. The smallest absolute Gasteiger partial charge is 0.279 e. The first kappa shape index (κ1) is 21.6. The van der Waals surface area contributed by atoms with Crippen LogP contribution in [-0.4, -0.2) is 22.0 Å². The maximum atomic E-state index is 12.7. The van der Waals surface area contributed by atoms with E-state index in [9.17, 15) is 9.59 Å². The molecule has 0 fully saturated rings. The van der Waals surface area contributed by atoms with E-state index in [0.717, 1.165) is 36.3 Å². The number of carbonyl (C=O) groups excluding carboxylic acids is 2. The van der Waals surface area contributed by atoms with Gasteiger partial charge in [0.05, 0.1) is 16.1 Å². The number of fused-ring (bicyclic) bond motifs is 1. The minimum atomic E-state index is -0.405. The molecule has 2 N–H and O–H groups in total. The molecule has 3 aromatic rings. The van der Waals surface area contributed by atoms with Crippen LogP contribution in [0.15, 0.2) is 33.9 Å². The largest absolute Gasteiger partial charge is 0.361 e. The Hall–Kier alpha value is -2.65. The van der Waals surface area contributed by atoms with Gasteiger partial charge in [0.1, 0.15) is 10.8 Å². The number of hydrogen-bond acceptors (Lipinski definition) is 7. The average Bonchev–Trinajstić information content (AvgIpc) is 3.33. The van der Waals surface area contributed by atoms with Crippen molar-refractivity contribution in [3.63, 3.8) is 0 Å². The van der Waals surface area contributed by atoms with E-state index >= 15 is 0 Å². The van der Waals surface area contributed by atoms with Crippen molar-refractivity contribution in [3.8, 4) is 0 Å². The lowest BCUT2D eigenvalue weighted by Crippen LogP contribution is -2.41. The van der Waals surface area contributed by atoms with Crippen molar-refractivity contribution in [2.45, 2.75) is 50.8 Å². The van der Waals surface area contributed by atoms with Crippen LogP contribution in [0, 0.1) is 19.8 Å². The molecule has 0 radical (unpaired) electrons. The number of hydrogen-bond donors (Lipinski definition) is 2. The third kappa shape index (κ3) is 4.83. The lowest BCUT2D eigenvalue weighted by Gasteiger charge is -2.16. The first-order chi connectivity index (χ1) is 14.9. The van der Waals surface area contributed by atoms with Gasteiger partial charge in [-0.15, -0.1) is 23.1 Å². The van der Waals surface area contributed by atoms with E-state index in [1.165, 1.54) is 33.5 Å². The minimum absolute atomic E-state index is 0.297. The van der Waals surface area contributed by atoms with E-state index in [-0.39, 0.29) is 5.91 Å². The van der Waals surface area contributed by atoms with Crippen molar-refractivity contribution in [1.29, 1.82) is 0 Å². The SMILES string of the molecule is Cc1noc(C)c1CSc1ncccc1C(=O)NNC(=O)c1cc2c(s1)CCC(C)C2. The van der Waals surface area contributed by atoms with Crippen molar-refractivity contribution < 1.29 is 14.1 Å². The summed E-state index contributed by atoms with van der Waals surface area (Å²) in [6, 6.07) is 5.34. The Balaban J connectivity index is 1.39. The Bertz CT molecular complexity index is 1100. The van der Waals surface area contributed by atoms with Gasteiger partial charge in [0, 0.05) is 22.4 Å². The molecular weight excluding hydrogens is 432 g/mol. The molecule has 0 aromatic carbocycles. The summed E-state index contributed by atoms with van der Waals surface area (Å²) in [4.78, 5) is 31.5. The molecule has 0 saturated carbocycles. The zero-order chi connectivity index (χ0) is 22.0. The number of aromatic nitrogens is 2. The predicted octanol–water partition coefficient (Wildman–Crippen LogP) is 4.24. The molecule has 3 heterocycles. The van der Waals surface area contributed by atoms with Crippen LogP contribution in [0.3, 0.4) is 0 Å². The average molecular weight is 457 g/mol. The van der Waals surface area contributed by atoms with Gasteiger partial charge in [-0.3, -0.25) is 20.4 Å². The maximum absolute atomic E-state index is 12.7. The molecule has 3 aromatic heterocycles. The van der Waals surface area contributed by atoms with Crippen LogP contribution < -0.4 is 10.9 Å². The zero-order valence-corrected chi connectivity index (χ0v) is 19.3. The normalized spacial score (nSPS) is 15.4. The lowest BCUT2D eigenvalue weighted by atomic mass is 9.90. The van der Waals surface area contributed by atoms with E-state index in [1.54, 1.807) is 18.3 Å². The van der Waals surface area contributed by atoms with Gasteiger partial charge in [-0.25, -0.2) is 4.98 Å². The van der Waals surface area contributed by atoms with Crippen LogP contribution in [0.1, 0.15) is 60.8 Å². The number of pyridine rings is 1. The van der Waals surface area contributed by atoms with Gasteiger partial charge in [-0.2, -0.15) is 0 Å². The first-order valence-corrected chi connectivity index (χ1v) is 11.9. The Morgan fingerprint density at radius 2 is 2.10 bits per heavy atom. The molecular formula is C22H24N4O3S2. The summed E-state index contributed by atoms with van der Waals surface area (Å²) >= 11 is 2.94. The van der Waals surface area contributed by atoms with Crippen molar-refractivity contribution in [3.05, 3.63) is 62.3 Å². The fourth-order valence-corrected chi connectivity index (χ4v) is 5.84. The molecule has 0 aliphatic heterocycles. The summed E-state index contributed by atoms with van der Waals surface area (Å²) in [7, 11) is 0. The number of nitrogens with one attached hydrogen (secondary N) is 2. The van der Waals surface area contributed by atoms with E-state index in [0.29, 0.717) is 27.1 Å². The Kier molecular flexibility index (Phi) is 6.43. The number of amides is 2. The van der Waals surface area contributed by atoms with Crippen LogP contribution in [0.4, 0.5) is 0 Å². The number of carbonyl (C=O) groups is 2. The quantitative estimate of drug-likeness (QED) is 0.440. The van der Waals surface area contributed by atoms with Gasteiger partial charge in [0.2, 0.25) is 0 Å². The molecule has 0 spiro atoms. The molecule has 1 atom stereocenters. The standard InChI is InChI=1S/C22H24N4O3S2/c1-12-6-7-18-15(9-12)10-19(31-18)21(28)25-24-20(27)16-5-4-8-23-22(16)30-11-17-13(2)26-29-14(17)3/h4-5,8,10,12H,6-7,9,11H2,1-3H3,(H,24,27)(H,25,28). The van der Waals surface area contributed by atoms with Crippen LogP contribution in [0.5, 0.6) is 0 Å². The van der Waals surface area contributed by atoms with Gasteiger partial charge < -0.3 is 4.52 Å². The molecule has 4 rings (SSSR count). The molecule has 1 aliphatic rings. The molecule has 2 amide bonds. The van der Waals surface area contributed by atoms with Crippen LogP contribution in [-0.2, 0) is 18.6 Å². The van der Waals surface area contributed by atoms with Crippen molar-refractivity contribution in [2.75, 3.05) is 0 Å². The van der Waals surface area contributed by atoms with Crippen LogP contribution in [0.2, 0.25) is 0 Å². The first-order valence-electron chi connectivity index (χ1n) is 10.1. The number of nitrogens with zero attached hydrogens (tertiary/aromatic N) is 2. The second-order valence-electron chi connectivity index (χ2n) is 7.76. The molecule has 0 saturated heterocycles. The molecule has 0 bridgehead atoms. The summed E-state index contributed by atoms with van der Waals surface area (Å²) in [5.74, 6) is 1.29. The molecule has 31 heavy (non-hydrogen) atoms. The van der Waals surface area contributed by atoms with Crippen LogP contribution >= 0.6 is 23.1 Å². The fourth-order valence-electron chi connectivity index (χ4n) is 3.59. The third-order valence-corrected chi connectivity index (χ3v) is 7.66. The van der Waals surface area contributed by atoms with E-state index in [1.807, 2.05) is 19.9 Å². The van der Waals surface area contributed by atoms with E-state index in [2.05, 4.69) is 27.9 Å². The fraction of sp³-hybridized carbons (Fsp3) is 0.364. The number of thiophene rings is 1. The molecule has 1 unspecified atom stereocenters. The zero-order valence-electron chi connectivity index (χ0n) is 17.7. The Labute approximate surface area is 189 Å². The number of aryl methyl sites for hydroxylation is 3. The molecule has 7 nitrogen and oxygen atoms in total. The van der Waals surface area contributed by atoms with Gasteiger partial charge in [0.15, 0.2) is 0 Å². The second-order valence-corrected chi connectivity index (χ2v) is 9.86. The van der Waals surface area contributed by atoms with E-state index in [4.69, 9.17) is 4.52 Å². The number of rotatable bonds is 5. The number of hydrazine groups is 1. The summed E-state index contributed by atoms with van der Waals surface area (Å²) < 4.78 is 5.19. The van der Waals surface area contributed by atoms with Gasteiger partial charge in [-0.05, 0) is 62.8 Å². The predicted molar refractivity (Wildman–Crippen MR) is 120 cm³/mol. The topological polar surface area (TPSA) is 97.1 Å². The van der Waals surface area contributed by atoms with Gasteiger partial charge in [-0.1, -0.05) is 12.1 Å². The Morgan fingerprint density at radius 1 is 1.29 bits per heavy atom. The minimum Gasteiger partial charge on any atom is -0.361 e. The van der Waals surface area contributed by atoms with Crippen molar-refractivity contribution in [2.24, 2.45) is 5.92 Å². The van der Waals surface area contributed by atoms with Gasteiger partial charge in [0.25, 0.3) is 11.8 Å². The second kappa shape index (κ2) is 9.23. The molecule has 162 valence electrons. The van der Waals surface area contributed by atoms with Crippen molar-refractivity contribution >= 4 is 34.9 Å². The Morgan fingerprint density at radius 3 is 2.87 bits per heavy atom. The molecule has 9 heteroatoms. The highest BCUT2D eigenvalue weighted by molar-refractivity contribution is 7.98. The summed E-state index contributed by atoms with van der Waals surface area (Å²) in [5.41, 5.74) is 8.54. The monoisotopic (exact) mass is 456 g/mol. The summed E-state index contributed by atoms with van der Waals surface area (Å²) in [6.07, 6.45) is 4.82. The molecule has 1 aliphatic carbocycles. The number of thioether (sulfide) groups is 1. The third-order valence-electron chi connectivity index (χ3n) is 5.39. The summed E-state index contributed by atoms with van der Waals surface area (Å²) in [6.45, 7) is 5.98. The van der Waals surface area contributed by atoms with Crippen molar-refractivity contribution in [1.82, 2.24) is 21.0 Å². The van der Waals surface area contributed by atoms with Gasteiger partial charge >= 0.3 is 0 Å². The lowest BCUT2D eigenvalue weighted by molar-refractivity contribution is 0.0847. The highest BCUT2D eigenvalue weighted by atomic mass is 32.2.